The van der Waals surface area contributed by atoms with E-state index in [1.54, 1.807) is 55.1 Å². The molecule has 4 rings (SSSR count). The first-order valence-corrected chi connectivity index (χ1v) is 12.1. The number of aromatic nitrogens is 5. The van der Waals surface area contributed by atoms with E-state index in [1.807, 2.05) is 0 Å². The molecule has 3 heterocycles. The molecule has 3 aromatic heterocycles. The summed E-state index contributed by atoms with van der Waals surface area (Å²) in [5, 5.41) is 17.7. The molecule has 0 saturated heterocycles. The third kappa shape index (κ3) is 4.59. The molecule has 2 atom stereocenters. The molecular weight excluding hydrogens is 476 g/mol. The van der Waals surface area contributed by atoms with Gasteiger partial charge in [-0.1, -0.05) is 6.07 Å². The summed E-state index contributed by atoms with van der Waals surface area (Å²) in [7, 11) is 0.516. The number of benzene rings is 1. The predicted molar refractivity (Wildman–Crippen MR) is 127 cm³/mol. The van der Waals surface area contributed by atoms with Gasteiger partial charge in [0.1, 0.15) is 34.3 Å². The van der Waals surface area contributed by atoms with Crippen molar-refractivity contribution in [3.8, 4) is 28.8 Å². The molecule has 0 radical (unpaired) electrons. The largest absolute Gasteiger partial charge is 0.494 e. The number of para-hydroxylation sites is 1. The number of sulfonamides is 1. The number of nitrogens with zero attached hydrogens (tertiary/aromatic N) is 5. The van der Waals surface area contributed by atoms with E-state index in [0.29, 0.717) is 28.7 Å². The Bertz CT molecular complexity index is 1420. The number of aliphatic hydroxyl groups is 1. The highest BCUT2D eigenvalue weighted by atomic mass is 32.2. The van der Waals surface area contributed by atoms with Gasteiger partial charge >= 0.3 is 0 Å². The second-order valence-corrected chi connectivity index (χ2v) is 9.90. The van der Waals surface area contributed by atoms with Crippen molar-refractivity contribution in [2.45, 2.75) is 25.2 Å². The van der Waals surface area contributed by atoms with Gasteiger partial charge in [-0.05, 0) is 38.1 Å². The number of methoxy groups -OCH3 is 2. The average Bonchev–Trinajstić information content (AvgIpc) is 3.57. The van der Waals surface area contributed by atoms with E-state index in [2.05, 4.69) is 19.9 Å². The SMILES string of the molecule is COc1cccc(OC)c1-n1c(NS(=O)(=O)[C@@H](C)[C@H](O)c2cn(C)cn2)nnc1-c1ccc(C)o1. The van der Waals surface area contributed by atoms with Gasteiger partial charge in [0.05, 0.1) is 26.2 Å². The number of aliphatic hydroxyl groups excluding tert-OH is 1. The molecule has 0 aliphatic carbocycles. The van der Waals surface area contributed by atoms with E-state index >= 15 is 0 Å². The summed E-state index contributed by atoms with van der Waals surface area (Å²) >= 11 is 0. The van der Waals surface area contributed by atoms with E-state index in [0.717, 1.165) is 0 Å². The summed E-state index contributed by atoms with van der Waals surface area (Å²) < 4.78 is 48.9. The van der Waals surface area contributed by atoms with Crippen LogP contribution in [0.15, 0.2) is 47.3 Å². The van der Waals surface area contributed by atoms with E-state index in [4.69, 9.17) is 13.9 Å². The van der Waals surface area contributed by atoms with Gasteiger partial charge in [0.25, 0.3) is 0 Å². The fourth-order valence-electron chi connectivity index (χ4n) is 3.54. The summed E-state index contributed by atoms with van der Waals surface area (Å²) in [6.07, 6.45) is 1.65. The van der Waals surface area contributed by atoms with Crippen LogP contribution < -0.4 is 14.2 Å². The van der Waals surface area contributed by atoms with Crippen LogP contribution >= 0.6 is 0 Å². The molecule has 4 aromatic rings. The van der Waals surface area contributed by atoms with Crippen LogP contribution in [0.4, 0.5) is 5.95 Å². The van der Waals surface area contributed by atoms with Crippen molar-refractivity contribution in [3.63, 3.8) is 0 Å². The van der Waals surface area contributed by atoms with Crippen LogP contribution in [0.3, 0.4) is 0 Å². The van der Waals surface area contributed by atoms with Crippen LogP contribution in [0.5, 0.6) is 11.5 Å². The predicted octanol–water partition coefficient (Wildman–Crippen LogP) is 2.45. The standard InChI is InChI=1S/C22H26N6O6S/c1-13-9-10-18(34-13)21-24-25-22(28(21)19-16(32-4)7-6-8-17(19)33-5)26-35(30,31)14(2)20(29)15-11-27(3)12-23-15/h6-12,14,20,29H,1-5H3,(H,25,26)/t14-,20-/m0/s1. The molecule has 12 nitrogen and oxygen atoms in total. The van der Waals surface area contributed by atoms with E-state index in [-0.39, 0.29) is 17.5 Å². The maximum atomic E-state index is 13.3. The number of ether oxygens (including phenoxy) is 2. The smallest absolute Gasteiger partial charge is 0.243 e. The maximum Gasteiger partial charge on any atom is 0.243 e. The first-order valence-electron chi connectivity index (χ1n) is 10.6. The molecule has 0 bridgehead atoms. The highest BCUT2D eigenvalue weighted by Crippen LogP contribution is 2.38. The van der Waals surface area contributed by atoms with Gasteiger partial charge in [0.2, 0.25) is 21.8 Å². The number of aryl methyl sites for hydroxylation is 2. The Kier molecular flexibility index (Phi) is 6.54. The molecule has 0 aliphatic heterocycles. The number of imidazole rings is 1. The summed E-state index contributed by atoms with van der Waals surface area (Å²) in [6, 6.07) is 8.57. The molecular formula is C22H26N6O6S. The Labute approximate surface area is 202 Å². The molecule has 2 N–H and O–H groups in total. The second-order valence-electron chi connectivity index (χ2n) is 7.87. The van der Waals surface area contributed by atoms with Crippen molar-refractivity contribution in [1.82, 2.24) is 24.3 Å². The second kappa shape index (κ2) is 9.43. The lowest BCUT2D eigenvalue weighted by Gasteiger charge is -2.20. The number of anilines is 1. The van der Waals surface area contributed by atoms with Crippen LogP contribution in [0.1, 0.15) is 24.5 Å². The molecule has 0 amide bonds. The van der Waals surface area contributed by atoms with Crippen LogP contribution in [0.2, 0.25) is 0 Å². The summed E-state index contributed by atoms with van der Waals surface area (Å²) in [5.41, 5.74) is 0.590. The quantitative estimate of drug-likeness (QED) is 0.352. The van der Waals surface area contributed by atoms with Crippen molar-refractivity contribution in [2.75, 3.05) is 18.9 Å². The van der Waals surface area contributed by atoms with Gasteiger partial charge in [0.15, 0.2) is 5.76 Å². The molecule has 13 heteroatoms. The van der Waals surface area contributed by atoms with E-state index < -0.39 is 21.4 Å². The van der Waals surface area contributed by atoms with Gasteiger partial charge in [-0.15, -0.1) is 10.2 Å². The minimum absolute atomic E-state index is 0.142. The highest BCUT2D eigenvalue weighted by molar-refractivity contribution is 7.93. The normalized spacial score (nSPS) is 13.4. The van der Waals surface area contributed by atoms with Gasteiger partial charge in [-0.25, -0.2) is 13.4 Å². The Morgan fingerprint density at radius 3 is 2.34 bits per heavy atom. The highest BCUT2D eigenvalue weighted by Gasteiger charge is 2.33. The van der Waals surface area contributed by atoms with Crippen molar-refractivity contribution >= 4 is 16.0 Å². The summed E-state index contributed by atoms with van der Waals surface area (Å²) in [6.45, 7) is 3.15. The Hall–Kier alpha value is -3.84. The minimum atomic E-state index is -4.17. The lowest BCUT2D eigenvalue weighted by molar-refractivity contribution is 0.172. The summed E-state index contributed by atoms with van der Waals surface area (Å²) in [4.78, 5) is 4.06. The van der Waals surface area contributed by atoms with Gasteiger partial charge < -0.3 is 23.6 Å². The number of hydrogen-bond acceptors (Lipinski definition) is 9. The maximum absolute atomic E-state index is 13.3. The topological polar surface area (TPSA) is 147 Å². The monoisotopic (exact) mass is 502 g/mol. The number of rotatable bonds is 9. The van der Waals surface area contributed by atoms with E-state index in [1.165, 1.54) is 32.0 Å². The minimum Gasteiger partial charge on any atom is -0.494 e. The number of furan rings is 1. The lowest BCUT2D eigenvalue weighted by atomic mass is 10.2. The van der Waals surface area contributed by atoms with Crippen LogP contribution in [-0.4, -0.2) is 57.3 Å². The Morgan fingerprint density at radius 2 is 1.80 bits per heavy atom. The molecule has 35 heavy (non-hydrogen) atoms. The third-order valence-electron chi connectivity index (χ3n) is 5.44. The van der Waals surface area contributed by atoms with E-state index in [9.17, 15) is 13.5 Å². The average molecular weight is 503 g/mol. The van der Waals surface area contributed by atoms with Crippen molar-refractivity contribution in [2.24, 2.45) is 7.05 Å². The molecule has 1 aromatic carbocycles. The summed E-state index contributed by atoms with van der Waals surface area (Å²) in [5.74, 6) is 1.84. The van der Waals surface area contributed by atoms with Gasteiger partial charge in [0, 0.05) is 13.2 Å². The van der Waals surface area contributed by atoms with Crippen LogP contribution in [0, 0.1) is 6.92 Å². The zero-order chi connectivity index (χ0) is 25.3. The first-order chi connectivity index (χ1) is 16.7. The fraction of sp³-hybridized carbons (Fsp3) is 0.318. The van der Waals surface area contributed by atoms with Crippen molar-refractivity contribution in [1.29, 1.82) is 0 Å². The molecule has 0 fully saturated rings. The Balaban J connectivity index is 1.83. The van der Waals surface area contributed by atoms with Gasteiger partial charge in [-0.2, -0.15) is 0 Å². The number of nitrogens with one attached hydrogen (secondary N) is 1. The van der Waals surface area contributed by atoms with Crippen molar-refractivity contribution < 1.29 is 27.4 Å². The molecule has 0 spiro atoms. The number of hydrogen-bond donors (Lipinski definition) is 2. The molecule has 0 saturated carbocycles. The van der Waals surface area contributed by atoms with Gasteiger partial charge in [-0.3, -0.25) is 9.29 Å². The lowest BCUT2D eigenvalue weighted by Crippen LogP contribution is -2.32. The third-order valence-corrected chi connectivity index (χ3v) is 7.15. The zero-order valence-corrected chi connectivity index (χ0v) is 20.6. The zero-order valence-electron chi connectivity index (χ0n) is 19.8. The molecule has 0 unspecified atom stereocenters. The fourth-order valence-corrected chi connectivity index (χ4v) is 4.60. The Morgan fingerprint density at radius 1 is 1.11 bits per heavy atom. The van der Waals surface area contributed by atoms with Crippen LogP contribution in [-0.2, 0) is 17.1 Å². The first kappa shape index (κ1) is 24.3. The molecule has 186 valence electrons. The molecule has 0 aliphatic rings. The van der Waals surface area contributed by atoms with Crippen molar-refractivity contribution in [3.05, 3.63) is 54.3 Å². The van der Waals surface area contributed by atoms with Crippen LogP contribution in [0.25, 0.3) is 17.3 Å².